The van der Waals surface area contributed by atoms with Crippen molar-refractivity contribution in [3.05, 3.63) is 0 Å². The Morgan fingerprint density at radius 1 is 1.38 bits per heavy atom. The molecule has 0 aromatic heterocycles. The van der Waals surface area contributed by atoms with Crippen LogP contribution in [-0.4, -0.2) is 30.9 Å². The fourth-order valence-corrected chi connectivity index (χ4v) is 1.04. The summed E-state index contributed by atoms with van der Waals surface area (Å²) in [4.78, 5) is 13.3. The van der Waals surface area contributed by atoms with Crippen molar-refractivity contribution in [2.24, 2.45) is 17.6 Å². The smallest absolute Gasteiger partial charge is 0.226 e. The maximum absolute atomic E-state index is 11.5. The van der Waals surface area contributed by atoms with Gasteiger partial charge in [0.1, 0.15) is 0 Å². The Morgan fingerprint density at radius 2 is 1.92 bits per heavy atom. The summed E-state index contributed by atoms with van der Waals surface area (Å²) in [5.41, 5.74) is 5.42. The molecule has 1 unspecified atom stereocenters. The van der Waals surface area contributed by atoms with Crippen LogP contribution in [0.5, 0.6) is 0 Å². The monoisotopic (exact) mass is 186 g/mol. The molecule has 0 heterocycles. The van der Waals surface area contributed by atoms with Crippen molar-refractivity contribution in [2.75, 3.05) is 20.1 Å². The highest BCUT2D eigenvalue weighted by Crippen LogP contribution is 2.04. The van der Waals surface area contributed by atoms with Crippen LogP contribution in [0.25, 0.3) is 0 Å². The van der Waals surface area contributed by atoms with E-state index >= 15 is 0 Å². The first kappa shape index (κ1) is 12.4. The maximum atomic E-state index is 11.5. The SMILES string of the molecule is CC(C)CCN(C)C(=O)C(C)CN. The molecule has 0 fully saturated rings. The van der Waals surface area contributed by atoms with Crippen LogP contribution in [0.2, 0.25) is 0 Å². The van der Waals surface area contributed by atoms with Gasteiger partial charge in [0.25, 0.3) is 0 Å². The van der Waals surface area contributed by atoms with Crippen LogP contribution in [0.4, 0.5) is 0 Å². The van der Waals surface area contributed by atoms with Crippen LogP contribution in [0, 0.1) is 11.8 Å². The first-order chi connectivity index (χ1) is 5.99. The van der Waals surface area contributed by atoms with E-state index in [4.69, 9.17) is 5.73 Å². The fourth-order valence-electron chi connectivity index (χ4n) is 1.04. The third-order valence-electron chi connectivity index (χ3n) is 2.19. The maximum Gasteiger partial charge on any atom is 0.226 e. The second kappa shape index (κ2) is 5.97. The number of hydrogen-bond donors (Lipinski definition) is 1. The van der Waals surface area contributed by atoms with Crippen LogP contribution in [0.1, 0.15) is 27.2 Å². The standard InChI is InChI=1S/C10H22N2O/c1-8(2)5-6-12(4)10(13)9(3)7-11/h8-9H,5-7,11H2,1-4H3. The van der Waals surface area contributed by atoms with E-state index in [2.05, 4.69) is 13.8 Å². The van der Waals surface area contributed by atoms with Gasteiger partial charge in [0.05, 0.1) is 0 Å². The molecule has 1 atom stereocenters. The van der Waals surface area contributed by atoms with Crippen molar-refractivity contribution >= 4 is 5.91 Å². The Labute approximate surface area is 81.3 Å². The van der Waals surface area contributed by atoms with Gasteiger partial charge < -0.3 is 10.6 Å². The quantitative estimate of drug-likeness (QED) is 0.698. The van der Waals surface area contributed by atoms with Crippen molar-refractivity contribution in [2.45, 2.75) is 27.2 Å². The van der Waals surface area contributed by atoms with E-state index in [0.29, 0.717) is 12.5 Å². The topological polar surface area (TPSA) is 46.3 Å². The minimum absolute atomic E-state index is 0.0443. The highest BCUT2D eigenvalue weighted by Gasteiger charge is 2.15. The van der Waals surface area contributed by atoms with Gasteiger partial charge in [0.2, 0.25) is 5.91 Å². The Kier molecular flexibility index (Phi) is 5.71. The van der Waals surface area contributed by atoms with Gasteiger partial charge >= 0.3 is 0 Å². The molecule has 2 N–H and O–H groups in total. The molecule has 0 spiro atoms. The number of rotatable bonds is 5. The molecule has 78 valence electrons. The molecule has 3 heteroatoms. The summed E-state index contributed by atoms with van der Waals surface area (Å²) in [7, 11) is 1.84. The predicted molar refractivity (Wildman–Crippen MR) is 55.3 cm³/mol. The zero-order valence-corrected chi connectivity index (χ0v) is 9.21. The molecule has 0 radical (unpaired) electrons. The van der Waals surface area contributed by atoms with Crippen LogP contribution in [0.15, 0.2) is 0 Å². The molecule has 0 rings (SSSR count). The summed E-state index contributed by atoms with van der Waals surface area (Å²) in [6, 6.07) is 0. The lowest BCUT2D eigenvalue weighted by Crippen LogP contribution is -2.36. The molecule has 3 nitrogen and oxygen atoms in total. The average Bonchev–Trinajstić information content (AvgIpc) is 2.11. The first-order valence-corrected chi connectivity index (χ1v) is 4.94. The lowest BCUT2D eigenvalue weighted by molar-refractivity contribution is -0.133. The minimum atomic E-state index is -0.0443. The number of carbonyl (C=O) groups is 1. The van der Waals surface area contributed by atoms with E-state index < -0.39 is 0 Å². The molecular weight excluding hydrogens is 164 g/mol. The van der Waals surface area contributed by atoms with Gasteiger partial charge in [-0.05, 0) is 12.3 Å². The van der Waals surface area contributed by atoms with E-state index in [-0.39, 0.29) is 11.8 Å². The molecule has 0 saturated heterocycles. The summed E-state index contributed by atoms with van der Waals surface area (Å²) in [6.07, 6.45) is 1.06. The summed E-state index contributed by atoms with van der Waals surface area (Å²) in [6.45, 7) is 7.45. The van der Waals surface area contributed by atoms with Gasteiger partial charge in [0, 0.05) is 26.1 Å². The van der Waals surface area contributed by atoms with Gasteiger partial charge in [-0.3, -0.25) is 4.79 Å². The van der Waals surface area contributed by atoms with Crippen molar-refractivity contribution in [3.63, 3.8) is 0 Å². The number of amides is 1. The van der Waals surface area contributed by atoms with E-state index in [0.717, 1.165) is 13.0 Å². The fraction of sp³-hybridized carbons (Fsp3) is 0.900. The van der Waals surface area contributed by atoms with E-state index in [1.165, 1.54) is 0 Å². The van der Waals surface area contributed by atoms with Gasteiger partial charge in [-0.1, -0.05) is 20.8 Å². The van der Waals surface area contributed by atoms with Crippen LogP contribution < -0.4 is 5.73 Å². The molecule has 0 aliphatic carbocycles. The Hall–Kier alpha value is -0.570. The molecule has 1 amide bonds. The van der Waals surface area contributed by atoms with Crippen LogP contribution >= 0.6 is 0 Å². The predicted octanol–water partition coefficient (Wildman–Crippen LogP) is 1.09. The number of nitrogens with zero attached hydrogens (tertiary/aromatic N) is 1. The third-order valence-corrected chi connectivity index (χ3v) is 2.19. The molecule has 13 heavy (non-hydrogen) atoms. The number of nitrogens with two attached hydrogens (primary N) is 1. The second-order valence-corrected chi connectivity index (χ2v) is 4.08. The average molecular weight is 186 g/mol. The summed E-state index contributed by atoms with van der Waals surface area (Å²) in [5.74, 6) is 0.753. The molecule has 0 bridgehead atoms. The van der Waals surface area contributed by atoms with Crippen LogP contribution in [0.3, 0.4) is 0 Å². The lowest BCUT2D eigenvalue weighted by atomic mass is 10.1. The summed E-state index contributed by atoms with van der Waals surface area (Å²) in [5, 5.41) is 0. The lowest BCUT2D eigenvalue weighted by Gasteiger charge is -2.21. The Bertz CT molecular complexity index is 157. The van der Waals surface area contributed by atoms with E-state index in [1.54, 1.807) is 4.90 Å². The number of carbonyl (C=O) groups excluding carboxylic acids is 1. The summed E-state index contributed by atoms with van der Waals surface area (Å²) >= 11 is 0. The zero-order valence-electron chi connectivity index (χ0n) is 9.21. The van der Waals surface area contributed by atoms with Crippen LogP contribution in [-0.2, 0) is 4.79 Å². The zero-order chi connectivity index (χ0) is 10.4. The van der Waals surface area contributed by atoms with Gasteiger partial charge in [-0.2, -0.15) is 0 Å². The van der Waals surface area contributed by atoms with Gasteiger partial charge in [0.15, 0.2) is 0 Å². The van der Waals surface area contributed by atoms with Crippen molar-refractivity contribution in [1.29, 1.82) is 0 Å². The van der Waals surface area contributed by atoms with Gasteiger partial charge in [-0.25, -0.2) is 0 Å². The highest BCUT2D eigenvalue weighted by molar-refractivity contribution is 5.78. The Morgan fingerprint density at radius 3 is 2.31 bits per heavy atom. The van der Waals surface area contributed by atoms with Crippen molar-refractivity contribution in [3.8, 4) is 0 Å². The van der Waals surface area contributed by atoms with E-state index in [1.807, 2.05) is 14.0 Å². The van der Waals surface area contributed by atoms with Crippen molar-refractivity contribution in [1.82, 2.24) is 4.90 Å². The largest absolute Gasteiger partial charge is 0.345 e. The van der Waals surface area contributed by atoms with Crippen molar-refractivity contribution < 1.29 is 4.79 Å². The second-order valence-electron chi connectivity index (χ2n) is 4.08. The first-order valence-electron chi connectivity index (χ1n) is 4.94. The molecule has 0 aliphatic heterocycles. The minimum Gasteiger partial charge on any atom is -0.345 e. The molecule has 0 aromatic carbocycles. The van der Waals surface area contributed by atoms with Gasteiger partial charge in [-0.15, -0.1) is 0 Å². The normalized spacial score (nSPS) is 13.1. The molecule has 0 saturated carbocycles. The third kappa shape index (κ3) is 4.88. The van der Waals surface area contributed by atoms with E-state index in [9.17, 15) is 4.79 Å². The Balaban J connectivity index is 3.82. The highest BCUT2D eigenvalue weighted by atomic mass is 16.2. The molecule has 0 aromatic rings. The molecular formula is C10H22N2O. The molecule has 0 aliphatic rings. The number of hydrogen-bond acceptors (Lipinski definition) is 2. The summed E-state index contributed by atoms with van der Waals surface area (Å²) < 4.78 is 0.